The monoisotopic (exact) mass is 306 g/mol. The highest BCUT2D eigenvalue weighted by Gasteiger charge is 2.11. The van der Waals surface area contributed by atoms with Gasteiger partial charge in [0, 0.05) is 18.5 Å². The number of nitrogens with one attached hydrogen (secondary N) is 1. The van der Waals surface area contributed by atoms with E-state index >= 15 is 0 Å². The number of nitrogens with two attached hydrogens (primary N) is 1. The first kappa shape index (κ1) is 15.9. The van der Waals surface area contributed by atoms with E-state index in [-0.39, 0.29) is 24.5 Å². The predicted octanol–water partition coefficient (Wildman–Crippen LogP) is 0.123. The highest BCUT2D eigenvalue weighted by Crippen LogP contribution is 2.08. The lowest BCUT2D eigenvalue weighted by Crippen LogP contribution is -2.27. The van der Waals surface area contributed by atoms with Crippen LogP contribution in [0.25, 0.3) is 0 Å². The Balaban J connectivity index is 2.46. The topological polar surface area (TPSA) is 106 Å². The summed E-state index contributed by atoms with van der Waals surface area (Å²) < 4.78 is 47.6. The minimum Gasteiger partial charge on any atom is -0.399 e. The summed E-state index contributed by atoms with van der Waals surface area (Å²) in [6.07, 6.45) is 1.38. The Hall–Kier alpha value is -1.12. The van der Waals surface area contributed by atoms with Crippen LogP contribution >= 0.6 is 0 Å². The zero-order valence-electron chi connectivity index (χ0n) is 10.7. The summed E-state index contributed by atoms with van der Waals surface area (Å²) in [6.45, 7) is 0.115. The van der Waals surface area contributed by atoms with Crippen molar-refractivity contribution in [3.63, 3.8) is 0 Å². The Morgan fingerprint density at radius 3 is 2.21 bits per heavy atom. The molecule has 19 heavy (non-hydrogen) atoms. The van der Waals surface area contributed by atoms with Gasteiger partial charge in [-0.1, -0.05) is 12.1 Å². The van der Waals surface area contributed by atoms with Crippen molar-refractivity contribution in [1.29, 1.82) is 0 Å². The molecule has 6 nitrogen and oxygen atoms in total. The van der Waals surface area contributed by atoms with Gasteiger partial charge >= 0.3 is 0 Å². The summed E-state index contributed by atoms with van der Waals surface area (Å²) in [7, 11) is -6.51. The average molecular weight is 306 g/mol. The molecule has 0 spiro atoms. The third kappa shape index (κ3) is 7.14. The van der Waals surface area contributed by atoms with Crippen molar-refractivity contribution in [2.75, 3.05) is 24.3 Å². The lowest BCUT2D eigenvalue weighted by atomic mass is 10.2. The maximum absolute atomic E-state index is 11.7. The Morgan fingerprint density at radius 2 is 1.68 bits per heavy atom. The minimum absolute atomic E-state index is 0.0304. The number of anilines is 1. The second kappa shape index (κ2) is 6.36. The van der Waals surface area contributed by atoms with E-state index in [0.29, 0.717) is 11.3 Å². The van der Waals surface area contributed by atoms with Gasteiger partial charge in [-0.25, -0.2) is 21.6 Å². The van der Waals surface area contributed by atoms with Crippen molar-refractivity contribution in [1.82, 2.24) is 4.72 Å². The Kier molecular flexibility index (Phi) is 5.33. The molecule has 1 aromatic rings. The van der Waals surface area contributed by atoms with Gasteiger partial charge in [0.15, 0.2) is 0 Å². The molecule has 0 aliphatic heterocycles. The molecule has 3 N–H and O–H groups in total. The number of sulfonamides is 1. The number of sulfone groups is 1. The molecule has 1 aromatic carbocycles. The minimum atomic E-state index is -3.45. The smallest absolute Gasteiger partial charge is 0.215 e. The Labute approximate surface area is 114 Å². The zero-order chi connectivity index (χ0) is 14.5. The van der Waals surface area contributed by atoms with Gasteiger partial charge in [0.05, 0.1) is 11.5 Å². The predicted molar refractivity (Wildman–Crippen MR) is 75.8 cm³/mol. The van der Waals surface area contributed by atoms with Crippen LogP contribution in [-0.2, 0) is 25.6 Å². The lowest BCUT2D eigenvalue weighted by Gasteiger charge is -2.06. The first-order valence-corrected chi connectivity index (χ1v) is 9.39. The fourth-order valence-electron chi connectivity index (χ4n) is 1.45. The quantitative estimate of drug-likeness (QED) is 0.550. The molecule has 0 radical (unpaired) electrons. The molecule has 0 saturated heterocycles. The van der Waals surface area contributed by atoms with E-state index in [1.54, 1.807) is 24.3 Å². The van der Waals surface area contributed by atoms with Crippen LogP contribution < -0.4 is 10.5 Å². The molecule has 0 aliphatic carbocycles. The van der Waals surface area contributed by atoms with Crippen molar-refractivity contribution in [2.45, 2.75) is 12.2 Å². The average Bonchev–Trinajstić information content (AvgIpc) is 2.26. The molecular weight excluding hydrogens is 288 g/mol. The molecule has 0 saturated carbocycles. The third-order valence-electron chi connectivity index (χ3n) is 2.35. The van der Waals surface area contributed by atoms with E-state index in [1.165, 1.54) is 0 Å². The molecule has 0 bridgehead atoms. The standard InChI is InChI=1S/C11H18N2O4S2/c1-18(14,15)8-2-7-13-19(16,17)9-10-3-5-11(12)6-4-10/h3-6,13H,2,7-9,12H2,1H3. The van der Waals surface area contributed by atoms with Crippen molar-refractivity contribution >= 4 is 25.5 Å². The first-order valence-electron chi connectivity index (χ1n) is 5.67. The molecule has 0 aromatic heterocycles. The second-order valence-electron chi connectivity index (χ2n) is 4.38. The fourth-order valence-corrected chi connectivity index (χ4v) is 3.30. The van der Waals surface area contributed by atoms with Crippen molar-refractivity contribution in [3.05, 3.63) is 29.8 Å². The summed E-state index contributed by atoms with van der Waals surface area (Å²) in [5.74, 6) is -0.177. The molecule has 0 aliphatic rings. The summed E-state index contributed by atoms with van der Waals surface area (Å²) in [4.78, 5) is 0. The maximum atomic E-state index is 11.7. The fraction of sp³-hybridized carbons (Fsp3) is 0.455. The van der Waals surface area contributed by atoms with Crippen LogP contribution in [0.2, 0.25) is 0 Å². The summed E-state index contributed by atoms with van der Waals surface area (Å²) in [5.41, 5.74) is 6.71. The molecular formula is C11H18N2O4S2. The van der Waals surface area contributed by atoms with E-state index in [2.05, 4.69) is 4.72 Å². The van der Waals surface area contributed by atoms with Crippen molar-refractivity contribution in [2.24, 2.45) is 0 Å². The highest BCUT2D eigenvalue weighted by molar-refractivity contribution is 7.90. The first-order chi connectivity index (χ1) is 8.68. The van der Waals surface area contributed by atoms with Gasteiger partial charge in [-0.05, 0) is 24.1 Å². The van der Waals surface area contributed by atoms with Crippen LogP contribution in [0, 0.1) is 0 Å². The molecule has 0 atom stereocenters. The third-order valence-corrected chi connectivity index (χ3v) is 4.74. The maximum Gasteiger partial charge on any atom is 0.215 e. The SMILES string of the molecule is CS(=O)(=O)CCCNS(=O)(=O)Cc1ccc(N)cc1. The molecule has 8 heteroatoms. The van der Waals surface area contributed by atoms with E-state index < -0.39 is 19.9 Å². The number of hydrogen-bond acceptors (Lipinski definition) is 5. The molecule has 0 amide bonds. The van der Waals surface area contributed by atoms with Crippen molar-refractivity contribution in [3.8, 4) is 0 Å². The van der Waals surface area contributed by atoms with Gasteiger partial charge < -0.3 is 5.73 Å². The van der Waals surface area contributed by atoms with Gasteiger partial charge in [0.2, 0.25) is 10.0 Å². The molecule has 0 heterocycles. The van der Waals surface area contributed by atoms with E-state index in [9.17, 15) is 16.8 Å². The largest absolute Gasteiger partial charge is 0.399 e. The van der Waals surface area contributed by atoms with Crippen LogP contribution in [0.15, 0.2) is 24.3 Å². The van der Waals surface area contributed by atoms with Crippen LogP contribution in [-0.4, -0.2) is 35.4 Å². The molecule has 108 valence electrons. The van der Waals surface area contributed by atoms with Crippen LogP contribution in [0.1, 0.15) is 12.0 Å². The zero-order valence-corrected chi connectivity index (χ0v) is 12.3. The number of hydrogen-bond donors (Lipinski definition) is 2. The van der Waals surface area contributed by atoms with E-state index in [0.717, 1.165) is 6.26 Å². The normalized spacial score (nSPS) is 12.5. The van der Waals surface area contributed by atoms with Gasteiger partial charge in [0.1, 0.15) is 9.84 Å². The molecule has 0 unspecified atom stereocenters. The van der Waals surface area contributed by atoms with Crippen molar-refractivity contribution < 1.29 is 16.8 Å². The van der Waals surface area contributed by atoms with Crippen LogP contribution in [0.3, 0.4) is 0 Å². The van der Waals surface area contributed by atoms with Gasteiger partial charge in [-0.3, -0.25) is 0 Å². The van der Waals surface area contributed by atoms with Crippen LogP contribution in [0.4, 0.5) is 5.69 Å². The van der Waals surface area contributed by atoms with E-state index in [4.69, 9.17) is 5.73 Å². The van der Waals surface area contributed by atoms with Gasteiger partial charge in [-0.2, -0.15) is 0 Å². The van der Waals surface area contributed by atoms with Gasteiger partial charge in [-0.15, -0.1) is 0 Å². The molecule has 0 fully saturated rings. The van der Waals surface area contributed by atoms with E-state index in [1.807, 2.05) is 0 Å². The van der Waals surface area contributed by atoms with Gasteiger partial charge in [0.25, 0.3) is 0 Å². The van der Waals surface area contributed by atoms with Crippen LogP contribution in [0.5, 0.6) is 0 Å². The summed E-state index contributed by atoms with van der Waals surface area (Å²) in [6, 6.07) is 6.55. The molecule has 1 rings (SSSR count). The Bertz CT molecular complexity index is 607. The summed E-state index contributed by atoms with van der Waals surface area (Å²) in [5, 5.41) is 0. The second-order valence-corrected chi connectivity index (χ2v) is 8.45. The highest BCUT2D eigenvalue weighted by atomic mass is 32.2. The number of nitrogen functional groups attached to an aromatic ring is 1. The summed E-state index contributed by atoms with van der Waals surface area (Å²) >= 11 is 0. The number of rotatable bonds is 7. The Morgan fingerprint density at radius 1 is 1.11 bits per heavy atom. The lowest BCUT2D eigenvalue weighted by molar-refractivity contribution is 0.576. The number of benzene rings is 1.